The van der Waals surface area contributed by atoms with Gasteiger partial charge in [0.15, 0.2) is 0 Å². The number of nitrogens with one attached hydrogen (secondary N) is 1. The lowest BCUT2D eigenvalue weighted by Crippen LogP contribution is -2.37. The summed E-state index contributed by atoms with van der Waals surface area (Å²) in [4.78, 5) is 19.5. The van der Waals surface area contributed by atoms with E-state index < -0.39 is 0 Å². The summed E-state index contributed by atoms with van der Waals surface area (Å²) in [5, 5.41) is 7.20. The Kier molecular flexibility index (Phi) is 6.29. The van der Waals surface area contributed by atoms with E-state index in [1.54, 1.807) is 0 Å². The van der Waals surface area contributed by atoms with E-state index in [9.17, 15) is 4.79 Å². The highest BCUT2D eigenvalue weighted by Gasteiger charge is 2.26. The van der Waals surface area contributed by atoms with Crippen LogP contribution in [0.1, 0.15) is 29.9 Å². The summed E-state index contributed by atoms with van der Waals surface area (Å²) >= 11 is 3.43. The molecule has 2 heterocycles. The molecule has 7 heteroatoms. The minimum Gasteiger partial charge on any atom is -0.338 e. The molecule has 1 saturated heterocycles. The van der Waals surface area contributed by atoms with E-state index in [2.05, 4.69) is 49.3 Å². The summed E-state index contributed by atoms with van der Waals surface area (Å²) in [5.41, 5.74) is 4.15. The highest BCUT2D eigenvalue weighted by atomic mass is 79.9. The number of aryl methyl sites for hydroxylation is 1. The van der Waals surface area contributed by atoms with Gasteiger partial charge in [-0.1, -0.05) is 33.2 Å². The molecule has 1 aromatic heterocycles. The maximum absolute atomic E-state index is 12.7. The van der Waals surface area contributed by atoms with Gasteiger partial charge in [-0.3, -0.25) is 9.69 Å². The molecule has 1 amide bonds. The first-order valence-corrected chi connectivity index (χ1v) is 11.0. The van der Waals surface area contributed by atoms with Crippen LogP contribution in [0.3, 0.4) is 0 Å². The number of anilines is 1. The summed E-state index contributed by atoms with van der Waals surface area (Å²) in [7, 11) is 0. The van der Waals surface area contributed by atoms with E-state index in [1.165, 1.54) is 5.56 Å². The summed E-state index contributed by atoms with van der Waals surface area (Å²) < 4.78 is 6.45. The lowest BCUT2D eigenvalue weighted by Gasteiger charge is -2.30. The molecule has 1 aliphatic rings. The summed E-state index contributed by atoms with van der Waals surface area (Å²) in [6.45, 7) is 6.38. The second kappa shape index (κ2) is 9.10. The van der Waals surface area contributed by atoms with E-state index in [0.717, 1.165) is 47.2 Å². The van der Waals surface area contributed by atoms with Crippen molar-refractivity contribution in [3.8, 4) is 11.4 Å². The minimum atomic E-state index is 0.0298. The standard InChI is InChI=1S/C23H25BrN4O2/c1-15-4-3-5-20(16(15)2)25-23(29)18-10-12-28(13-11-18)14-21-26-22(27-30-21)17-6-8-19(24)9-7-17/h3-9,18H,10-14H2,1-2H3,(H,25,29). The molecule has 6 nitrogen and oxygen atoms in total. The normalized spacial score (nSPS) is 15.3. The Morgan fingerprint density at radius 2 is 1.90 bits per heavy atom. The molecule has 4 rings (SSSR count). The first-order valence-electron chi connectivity index (χ1n) is 10.2. The number of halogens is 1. The number of amides is 1. The number of nitrogens with zero attached hydrogens (tertiary/aromatic N) is 3. The van der Waals surface area contributed by atoms with Gasteiger partial charge in [-0.25, -0.2) is 0 Å². The second-order valence-corrected chi connectivity index (χ2v) is 8.72. The Bertz CT molecular complexity index is 1020. The largest absolute Gasteiger partial charge is 0.338 e. The van der Waals surface area contributed by atoms with Gasteiger partial charge < -0.3 is 9.84 Å². The fourth-order valence-corrected chi connectivity index (χ4v) is 3.97. The molecule has 0 spiro atoms. The molecule has 0 aliphatic carbocycles. The van der Waals surface area contributed by atoms with Gasteiger partial charge in [0.2, 0.25) is 17.6 Å². The molecule has 1 aliphatic heterocycles. The van der Waals surface area contributed by atoms with E-state index >= 15 is 0 Å². The number of benzene rings is 2. The number of likely N-dealkylation sites (tertiary alicyclic amines) is 1. The number of rotatable bonds is 5. The van der Waals surface area contributed by atoms with E-state index in [-0.39, 0.29) is 11.8 Å². The molecule has 156 valence electrons. The molecule has 0 atom stereocenters. The first kappa shape index (κ1) is 20.8. The van der Waals surface area contributed by atoms with Crippen LogP contribution >= 0.6 is 15.9 Å². The Hall–Kier alpha value is -2.51. The molecule has 3 aromatic rings. The lowest BCUT2D eigenvalue weighted by molar-refractivity contribution is -0.121. The van der Waals surface area contributed by atoms with Crippen molar-refractivity contribution in [1.29, 1.82) is 0 Å². The van der Waals surface area contributed by atoms with Gasteiger partial charge in [0.1, 0.15) is 0 Å². The van der Waals surface area contributed by atoms with Crippen LogP contribution in [0.2, 0.25) is 0 Å². The van der Waals surface area contributed by atoms with Crippen molar-refractivity contribution in [3.05, 3.63) is 64.0 Å². The maximum atomic E-state index is 12.7. The number of hydrogen-bond donors (Lipinski definition) is 1. The van der Waals surface area contributed by atoms with Gasteiger partial charge in [0.05, 0.1) is 6.54 Å². The van der Waals surface area contributed by atoms with Crippen molar-refractivity contribution < 1.29 is 9.32 Å². The van der Waals surface area contributed by atoms with Crippen molar-refractivity contribution in [2.24, 2.45) is 5.92 Å². The first-order chi connectivity index (χ1) is 14.5. The van der Waals surface area contributed by atoms with Crippen LogP contribution in [0.25, 0.3) is 11.4 Å². The molecule has 0 bridgehead atoms. The molecule has 2 aromatic carbocycles. The number of hydrogen-bond acceptors (Lipinski definition) is 5. The van der Waals surface area contributed by atoms with Crippen LogP contribution in [-0.4, -0.2) is 34.0 Å². The van der Waals surface area contributed by atoms with Gasteiger partial charge >= 0.3 is 0 Å². The Balaban J connectivity index is 1.30. The molecule has 1 N–H and O–H groups in total. The van der Waals surface area contributed by atoms with Gasteiger partial charge in [-0.2, -0.15) is 4.98 Å². The van der Waals surface area contributed by atoms with Gasteiger partial charge in [-0.15, -0.1) is 0 Å². The van der Waals surface area contributed by atoms with Crippen molar-refractivity contribution in [2.75, 3.05) is 18.4 Å². The number of piperidine rings is 1. The third-order valence-corrected chi connectivity index (χ3v) is 6.28. The molecule has 30 heavy (non-hydrogen) atoms. The number of carbonyl (C=O) groups is 1. The Labute approximate surface area is 184 Å². The predicted molar refractivity (Wildman–Crippen MR) is 120 cm³/mol. The monoisotopic (exact) mass is 468 g/mol. The SMILES string of the molecule is Cc1cccc(NC(=O)C2CCN(Cc3nc(-c4ccc(Br)cc4)no3)CC2)c1C. The molecule has 0 unspecified atom stereocenters. The molecular weight excluding hydrogens is 444 g/mol. The quantitative estimate of drug-likeness (QED) is 0.572. The average Bonchev–Trinajstić information content (AvgIpc) is 3.21. The summed E-state index contributed by atoms with van der Waals surface area (Å²) in [5.74, 6) is 1.34. The van der Waals surface area contributed by atoms with Crippen LogP contribution in [0, 0.1) is 19.8 Å². The average molecular weight is 469 g/mol. The van der Waals surface area contributed by atoms with Crippen molar-refractivity contribution in [3.63, 3.8) is 0 Å². The highest BCUT2D eigenvalue weighted by molar-refractivity contribution is 9.10. The Morgan fingerprint density at radius 1 is 1.17 bits per heavy atom. The topological polar surface area (TPSA) is 71.3 Å². The highest BCUT2D eigenvalue weighted by Crippen LogP contribution is 2.24. The summed E-state index contributed by atoms with van der Waals surface area (Å²) in [6, 6.07) is 13.8. The third kappa shape index (κ3) is 4.79. The third-order valence-electron chi connectivity index (χ3n) is 5.75. The zero-order valence-corrected chi connectivity index (χ0v) is 18.8. The second-order valence-electron chi connectivity index (χ2n) is 7.81. The number of carbonyl (C=O) groups excluding carboxylic acids is 1. The van der Waals surface area contributed by atoms with E-state index in [1.807, 2.05) is 43.3 Å². The zero-order valence-electron chi connectivity index (χ0n) is 17.2. The smallest absolute Gasteiger partial charge is 0.241 e. The summed E-state index contributed by atoms with van der Waals surface area (Å²) in [6.07, 6.45) is 1.65. The predicted octanol–water partition coefficient (Wildman–Crippen LogP) is 4.97. The van der Waals surface area contributed by atoms with Crippen LogP contribution in [-0.2, 0) is 11.3 Å². The van der Waals surface area contributed by atoms with Gasteiger partial charge in [0, 0.05) is 21.6 Å². The zero-order chi connectivity index (χ0) is 21.1. The van der Waals surface area contributed by atoms with Crippen LogP contribution in [0.4, 0.5) is 5.69 Å². The van der Waals surface area contributed by atoms with Crippen LogP contribution < -0.4 is 5.32 Å². The molecule has 0 radical (unpaired) electrons. The van der Waals surface area contributed by atoms with Crippen LogP contribution in [0.15, 0.2) is 51.5 Å². The van der Waals surface area contributed by atoms with E-state index in [4.69, 9.17) is 4.52 Å². The van der Waals surface area contributed by atoms with Gasteiger partial charge in [0.25, 0.3) is 0 Å². The fourth-order valence-electron chi connectivity index (χ4n) is 3.70. The van der Waals surface area contributed by atoms with Gasteiger partial charge in [-0.05, 0) is 81.2 Å². The molecular formula is C23H25BrN4O2. The maximum Gasteiger partial charge on any atom is 0.241 e. The van der Waals surface area contributed by atoms with Crippen molar-refractivity contribution >= 4 is 27.5 Å². The molecule has 1 fully saturated rings. The minimum absolute atomic E-state index is 0.0298. The van der Waals surface area contributed by atoms with E-state index in [0.29, 0.717) is 18.3 Å². The number of aromatic nitrogens is 2. The van der Waals surface area contributed by atoms with Crippen LogP contribution in [0.5, 0.6) is 0 Å². The van der Waals surface area contributed by atoms with Crippen molar-refractivity contribution in [1.82, 2.24) is 15.0 Å². The molecule has 0 saturated carbocycles. The Morgan fingerprint density at radius 3 is 2.63 bits per heavy atom. The fraction of sp³-hybridized carbons (Fsp3) is 0.348. The lowest BCUT2D eigenvalue weighted by atomic mass is 9.95. The van der Waals surface area contributed by atoms with Crippen molar-refractivity contribution in [2.45, 2.75) is 33.2 Å².